The summed E-state index contributed by atoms with van der Waals surface area (Å²) in [6, 6.07) is 0. The molecule has 0 radical (unpaired) electrons. The Bertz CT molecular complexity index is 998. The van der Waals surface area contributed by atoms with Crippen LogP contribution in [-0.2, 0) is 0 Å². The van der Waals surface area contributed by atoms with E-state index in [0.29, 0.717) is 36.7 Å². The third-order valence-electron chi connectivity index (χ3n) is 9.51. The molecule has 0 unspecified atom stereocenters. The van der Waals surface area contributed by atoms with Crippen LogP contribution in [0.3, 0.4) is 0 Å². The lowest BCUT2D eigenvalue weighted by atomic mass is 9.61. The topological polar surface area (TPSA) is 94.8 Å². The fourth-order valence-corrected chi connectivity index (χ4v) is 7.66. The molecule has 0 heterocycles. The molecule has 5 nitrogen and oxygen atoms in total. The van der Waals surface area contributed by atoms with E-state index in [9.17, 15) is 24.9 Å². The molecule has 1 aromatic carbocycles. The van der Waals surface area contributed by atoms with E-state index in [1.165, 1.54) is 17.6 Å². The van der Waals surface area contributed by atoms with Gasteiger partial charge in [-0.2, -0.15) is 0 Å². The first kappa shape index (κ1) is 23.8. The molecule has 5 heteroatoms. The summed E-state index contributed by atoms with van der Waals surface area (Å²) in [5.74, 6) is 0.0831. The van der Waals surface area contributed by atoms with Gasteiger partial charge in [-0.15, -0.1) is 0 Å². The van der Waals surface area contributed by atoms with Crippen LogP contribution in [-0.4, -0.2) is 27.9 Å². The van der Waals surface area contributed by atoms with Gasteiger partial charge in [-0.25, -0.2) is 0 Å². The van der Waals surface area contributed by atoms with Crippen molar-refractivity contribution in [2.24, 2.45) is 34.5 Å². The molecule has 0 aromatic heterocycles. The van der Waals surface area contributed by atoms with Crippen LogP contribution in [0.5, 0.6) is 17.2 Å². The summed E-state index contributed by atoms with van der Waals surface area (Å²) in [5, 5.41) is 32.6. The zero-order valence-electron chi connectivity index (χ0n) is 20.7. The minimum atomic E-state index is -0.659. The standard InChI is InChI=1S/C28H38O5/c1-14(2)11-20(21-25(32)17(12-29)24(31)18(13-30)26(21)33)28(6)10-9-16-15(3)7-8-19-23(22(16)28)27(19,4)5/h12-14,19-20,22-23,31-33H,7-11H2,1-6H3/t19-,20+,22-,23-,28-/m1/s1. The number of phenolic OH excluding ortho intramolecular Hbond substituents is 3. The quantitative estimate of drug-likeness (QED) is 0.343. The molecule has 4 rings (SSSR count). The van der Waals surface area contributed by atoms with Crippen molar-refractivity contribution in [1.82, 2.24) is 0 Å². The van der Waals surface area contributed by atoms with E-state index in [2.05, 4.69) is 41.5 Å². The van der Waals surface area contributed by atoms with Crippen molar-refractivity contribution < 1.29 is 24.9 Å². The second-order valence-electron chi connectivity index (χ2n) is 12.0. The molecule has 5 atom stereocenters. The maximum absolute atomic E-state index is 11.8. The second-order valence-corrected chi connectivity index (χ2v) is 12.0. The predicted octanol–water partition coefficient (Wildman–Crippen LogP) is 6.36. The maximum Gasteiger partial charge on any atom is 0.157 e. The van der Waals surface area contributed by atoms with Crippen LogP contribution < -0.4 is 0 Å². The molecule has 0 bridgehead atoms. The van der Waals surface area contributed by atoms with Gasteiger partial charge in [-0.05, 0) is 79.4 Å². The number of hydrogen-bond acceptors (Lipinski definition) is 5. The highest BCUT2D eigenvalue weighted by Gasteiger charge is 2.67. The molecular weight excluding hydrogens is 416 g/mol. The number of carbonyl (C=O) groups excluding carboxylic acids is 2. The molecular formula is C28H38O5. The SMILES string of the molecule is CC1=C2CC[C@](C)([C@@H](CC(C)C)c3c(O)c(C=O)c(O)c(C=O)c3O)[C@H]2[C@H]2[C@@H](CC1)C2(C)C. The largest absolute Gasteiger partial charge is 0.507 e. The zero-order valence-corrected chi connectivity index (χ0v) is 20.7. The number of rotatable bonds is 6. The van der Waals surface area contributed by atoms with Gasteiger partial charge in [0.15, 0.2) is 12.6 Å². The average molecular weight is 455 g/mol. The third-order valence-corrected chi connectivity index (χ3v) is 9.51. The first-order chi connectivity index (χ1) is 15.4. The summed E-state index contributed by atoms with van der Waals surface area (Å²) in [5.41, 5.74) is 2.62. The van der Waals surface area contributed by atoms with Crippen molar-refractivity contribution in [3.05, 3.63) is 27.8 Å². The van der Waals surface area contributed by atoms with Crippen molar-refractivity contribution >= 4 is 12.6 Å². The van der Waals surface area contributed by atoms with Gasteiger partial charge >= 0.3 is 0 Å². The van der Waals surface area contributed by atoms with Gasteiger partial charge in [0.1, 0.15) is 17.2 Å². The van der Waals surface area contributed by atoms with Gasteiger partial charge in [0.2, 0.25) is 0 Å². The Labute approximate surface area is 196 Å². The van der Waals surface area contributed by atoms with E-state index in [1.54, 1.807) is 0 Å². The molecule has 0 amide bonds. The normalized spacial score (nSPS) is 31.1. The van der Waals surface area contributed by atoms with Crippen LogP contribution in [0.2, 0.25) is 0 Å². The first-order valence-corrected chi connectivity index (χ1v) is 12.3. The second kappa shape index (κ2) is 7.89. The van der Waals surface area contributed by atoms with Crippen LogP contribution in [0.15, 0.2) is 11.1 Å². The van der Waals surface area contributed by atoms with Crippen molar-refractivity contribution in [2.75, 3.05) is 0 Å². The Hall–Kier alpha value is -2.30. The number of fused-ring (bicyclic) bond motifs is 3. The molecule has 3 N–H and O–H groups in total. The van der Waals surface area contributed by atoms with Crippen LogP contribution in [0.25, 0.3) is 0 Å². The Morgan fingerprint density at radius 1 is 0.970 bits per heavy atom. The maximum atomic E-state index is 11.8. The van der Waals surface area contributed by atoms with Gasteiger partial charge in [-0.1, -0.05) is 45.8 Å². The minimum absolute atomic E-state index is 0.242. The molecule has 0 spiro atoms. The van der Waals surface area contributed by atoms with Crippen molar-refractivity contribution in [2.45, 2.75) is 79.6 Å². The molecule has 1 aromatic rings. The minimum Gasteiger partial charge on any atom is -0.507 e. The van der Waals surface area contributed by atoms with Gasteiger partial charge in [0, 0.05) is 5.56 Å². The summed E-state index contributed by atoms with van der Waals surface area (Å²) in [6.45, 7) is 13.5. The fraction of sp³-hybridized carbons (Fsp3) is 0.643. The van der Waals surface area contributed by atoms with Crippen molar-refractivity contribution in [1.29, 1.82) is 0 Å². The number of allylic oxidation sites excluding steroid dienone is 2. The number of benzene rings is 1. The monoisotopic (exact) mass is 454 g/mol. The molecule has 2 fully saturated rings. The smallest absolute Gasteiger partial charge is 0.157 e. The van der Waals surface area contributed by atoms with Gasteiger partial charge in [0.25, 0.3) is 0 Å². The predicted molar refractivity (Wildman–Crippen MR) is 128 cm³/mol. The van der Waals surface area contributed by atoms with Crippen LogP contribution in [0.4, 0.5) is 0 Å². The highest BCUT2D eigenvalue weighted by Crippen LogP contribution is 2.74. The van der Waals surface area contributed by atoms with E-state index >= 15 is 0 Å². The number of aromatic hydroxyl groups is 3. The zero-order chi connectivity index (χ0) is 24.5. The van der Waals surface area contributed by atoms with E-state index in [4.69, 9.17) is 0 Å². The molecule has 33 heavy (non-hydrogen) atoms. The lowest BCUT2D eigenvalue weighted by Gasteiger charge is -2.43. The first-order valence-electron chi connectivity index (χ1n) is 12.3. The molecule has 3 aliphatic rings. The summed E-state index contributed by atoms with van der Waals surface area (Å²) in [6.07, 6.45) is 5.68. The van der Waals surface area contributed by atoms with Crippen LogP contribution in [0.1, 0.15) is 106 Å². The van der Waals surface area contributed by atoms with E-state index < -0.39 is 17.2 Å². The van der Waals surface area contributed by atoms with Crippen molar-refractivity contribution in [3.63, 3.8) is 0 Å². The van der Waals surface area contributed by atoms with Gasteiger partial charge < -0.3 is 15.3 Å². The van der Waals surface area contributed by atoms with E-state index in [0.717, 1.165) is 19.3 Å². The van der Waals surface area contributed by atoms with E-state index in [-0.39, 0.29) is 39.4 Å². The Kier molecular flexibility index (Phi) is 5.70. The van der Waals surface area contributed by atoms with Crippen LogP contribution in [0, 0.1) is 34.5 Å². The summed E-state index contributed by atoms with van der Waals surface area (Å²) < 4.78 is 0. The Balaban J connectivity index is 1.96. The molecule has 0 saturated heterocycles. The number of hydrogen-bond donors (Lipinski definition) is 3. The number of carbonyl (C=O) groups is 2. The third kappa shape index (κ3) is 3.33. The molecule has 0 aliphatic heterocycles. The van der Waals surface area contributed by atoms with Crippen LogP contribution >= 0.6 is 0 Å². The highest BCUT2D eigenvalue weighted by atomic mass is 16.3. The number of phenols is 3. The van der Waals surface area contributed by atoms with Gasteiger partial charge in [-0.3, -0.25) is 9.59 Å². The Morgan fingerprint density at radius 3 is 2.06 bits per heavy atom. The number of aldehydes is 2. The van der Waals surface area contributed by atoms with Gasteiger partial charge in [0.05, 0.1) is 11.1 Å². The Morgan fingerprint density at radius 2 is 1.55 bits per heavy atom. The lowest BCUT2D eigenvalue weighted by molar-refractivity contribution is 0.111. The lowest BCUT2D eigenvalue weighted by Crippen LogP contribution is -2.34. The summed E-state index contributed by atoms with van der Waals surface area (Å²) in [4.78, 5) is 23.5. The van der Waals surface area contributed by atoms with Crippen molar-refractivity contribution in [3.8, 4) is 17.2 Å². The molecule has 2 saturated carbocycles. The van der Waals surface area contributed by atoms with E-state index in [1.807, 2.05) is 0 Å². The fourth-order valence-electron chi connectivity index (χ4n) is 7.66. The molecule has 180 valence electrons. The summed E-state index contributed by atoms with van der Waals surface area (Å²) >= 11 is 0. The highest BCUT2D eigenvalue weighted by molar-refractivity contribution is 5.95. The molecule has 3 aliphatic carbocycles. The average Bonchev–Trinajstić information content (AvgIpc) is 3.16. The summed E-state index contributed by atoms with van der Waals surface area (Å²) in [7, 11) is 0.